The summed E-state index contributed by atoms with van der Waals surface area (Å²) in [5, 5.41) is 12.4. The number of benzene rings is 2. The molecule has 0 saturated carbocycles. The van der Waals surface area contributed by atoms with Crippen molar-refractivity contribution in [3.05, 3.63) is 65.7 Å². The first-order valence-corrected chi connectivity index (χ1v) is 15.0. The fourth-order valence-corrected chi connectivity index (χ4v) is 4.95. The highest BCUT2D eigenvalue weighted by atomic mass is 16.2. The summed E-state index contributed by atoms with van der Waals surface area (Å²) in [4.78, 5) is 41.8. The number of hydrogen-bond donors (Lipinski definition) is 4. The number of anilines is 1. The summed E-state index contributed by atoms with van der Waals surface area (Å²) in [6.45, 7) is 11.9. The van der Waals surface area contributed by atoms with Crippen molar-refractivity contribution in [3.8, 4) is 0 Å². The van der Waals surface area contributed by atoms with E-state index in [9.17, 15) is 14.4 Å². The summed E-state index contributed by atoms with van der Waals surface area (Å²) in [6, 6.07) is 16.4. The standard InChI is InChI=1S/C33H49N5O3/c1-24(2)21-28(36-32(41)38-19-11-6-7-12-20-38)30(39)35-29(31(40)37-33(3,4)5)22-25-15-17-27(18-16-25)34-23-26-13-9-8-10-14-26/h8-10,13-18,24,28-29,34H,6-7,11-12,19-23H2,1-5H3,(H,35,39)(H,36,41)(H,37,40)/t28-,29-/m0/s1. The Hall–Kier alpha value is -3.55. The lowest BCUT2D eigenvalue weighted by Gasteiger charge is -2.29. The van der Waals surface area contributed by atoms with Crippen LogP contribution in [0.4, 0.5) is 10.5 Å². The molecule has 3 rings (SSSR count). The summed E-state index contributed by atoms with van der Waals surface area (Å²) in [5.74, 6) is -0.399. The van der Waals surface area contributed by atoms with Crippen LogP contribution in [-0.2, 0) is 22.6 Å². The zero-order valence-electron chi connectivity index (χ0n) is 25.5. The van der Waals surface area contributed by atoms with Gasteiger partial charge < -0.3 is 26.2 Å². The van der Waals surface area contributed by atoms with Crippen LogP contribution < -0.4 is 21.3 Å². The molecule has 1 aliphatic heterocycles. The first kappa shape index (κ1) is 32.0. The zero-order valence-corrected chi connectivity index (χ0v) is 25.5. The second-order valence-corrected chi connectivity index (χ2v) is 12.6. The molecule has 0 aliphatic carbocycles. The van der Waals surface area contributed by atoms with Gasteiger partial charge in [-0.1, -0.05) is 69.2 Å². The molecule has 4 amide bonds. The van der Waals surface area contributed by atoms with Crippen LogP contribution in [0.25, 0.3) is 0 Å². The van der Waals surface area contributed by atoms with E-state index in [1.807, 2.05) is 82.0 Å². The molecular weight excluding hydrogens is 514 g/mol. The number of carbonyl (C=O) groups excluding carboxylic acids is 3. The smallest absolute Gasteiger partial charge is 0.318 e. The van der Waals surface area contributed by atoms with Gasteiger partial charge in [-0.05, 0) is 69.2 Å². The third kappa shape index (κ3) is 11.5. The molecule has 2 aromatic carbocycles. The lowest BCUT2D eigenvalue weighted by atomic mass is 10.00. The average molecular weight is 564 g/mol. The predicted octanol–water partition coefficient (Wildman–Crippen LogP) is 5.24. The highest BCUT2D eigenvalue weighted by molar-refractivity contribution is 5.92. The minimum Gasteiger partial charge on any atom is -0.381 e. The van der Waals surface area contributed by atoms with Crippen molar-refractivity contribution in [1.29, 1.82) is 0 Å². The van der Waals surface area contributed by atoms with E-state index in [0.717, 1.165) is 36.9 Å². The summed E-state index contributed by atoms with van der Waals surface area (Å²) in [7, 11) is 0. The molecule has 8 heteroatoms. The van der Waals surface area contributed by atoms with E-state index in [2.05, 4.69) is 33.4 Å². The number of rotatable bonds is 11. The Morgan fingerprint density at radius 2 is 1.41 bits per heavy atom. The number of amides is 4. The largest absolute Gasteiger partial charge is 0.381 e. The Kier molecular flexibility index (Phi) is 12.0. The number of likely N-dealkylation sites (tertiary alicyclic amines) is 1. The van der Waals surface area contributed by atoms with Crippen molar-refractivity contribution in [2.45, 2.75) is 97.3 Å². The summed E-state index contributed by atoms with van der Waals surface area (Å²) >= 11 is 0. The van der Waals surface area contributed by atoms with E-state index in [1.54, 1.807) is 0 Å². The molecule has 0 bridgehead atoms. The van der Waals surface area contributed by atoms with Crippen LogP contribution in [0.5, 0.6) is 0 Å². The number of nitrogens with one attached hydrogen (secondary N) is 4. The van der Waals surface area contributed by atoms with Gasteiger partial charge in [0.1, 0.15) is 12.1 Å². The van der Waals surface area contributed by atoms with E-state index >= 15 is 0 Å². The normalized spacial score (nSPS) is 15.4. The van der Waals surface area contributed by atoms with Gasteiger partial charge in [-0.25, -0.2) is 4.79 Å². The van der Waals surface area contributed by atoms with Gasteiger partial charge in [0, 0.05) is 37.3 Å². The Morgan fingerprint density at radius 3 is 2.00 bits per heavy atom. The molecule has 0 radical (unpaired) electrons. The number of hydrogen-bond acceptors (Lipinski definition) is 4. The van der Waals surface area contributed by atoms with E-state index in [-0.39, 0.29) is 23.8 Å². The molecule has 0 aromatic heterocycles. The summed E-state index contributed by atoms with van der Waals surface area (Å²) < 4.78 is 0. The molecule has 8 nitrogen and oxygen atoms in total. The highest BCUT2D eigenvalue weighted by Crippen LogP contribution is 2.15. The van der Waals surface area contributed by atoms with Crippen LogP contribution in [0.3, 0.4) is 0 Å². The lowest BCUT2D eigenvalue weighted by Crippen LogP contribution is -2.58. The third-order valence-corrected chi connectivity index (χ3v) is 7.08. The maximum atomic E-state index is 13.6. The fourth-order valence-electron chi connectivity index (χ4n) is 4.95. The predicted molar refractivity (Wildman–Crippen MR) is 166 cm³/mol. The van der Waals surface area contributed by atoms with Crippen LogP contribution in [0.1, 0.15) is 77.8 Å². The minimum absolute atomic E-state index is 0.188. The Morgan fingerprint density at radius 1 is 0.780 bits per heavy atom. The number of carbonyl (C=O) groups is 3. The molecule has 0 unspecified atom stereocenters. The van der Waals surface area contributed by atoms with Crippen molar-refractivity contribution in [1.82, 2.24) is 20.9 Å². The third-order valence-electron chi connectivity index (χ3n) is 7.08. The van der Waals surface area contributed by atoms with Gasteiger partial charge in [-0.2, -0.15) is 0 Å². The number of urea groups is 1. The molecule has 2 aromatic rings. The van der Waals surface area contributed by atoms with Crippen molar-refractivity contribution in [3.63, 3.8) is 0 Å². The zero-order chi connectivity index (χ0) is 29.8. The minimum atomic E-state index is -0.783. The van der Waals surface area contributed by atoms with Gasteiger partial charge in [0.05, 0.1) is 0 Å². The van der Waals surface area contributed by atoms with E-state index in [4.69, 9.17) is 0 Å². The summed E-state index contributed by atoms with van der Waals surface area (Å²) in [5.41, 5.74) is 2.64. The molecule has 0 spiro atoms. The van der Waals surface area contributed by atoms with Gasteiger partial charge in [-0.3, -0.25) is 9.59 Å². The van der Waals surface area contributed by atoms with E-state index < -0.39 is 17.6 Å². The van der Waals surface area contributed by atoms with Gasteiger partial charge in [0.2, 0.25) is 11.8 Å². The highest BCUT2D eigenvalue weighted by Gasteiger charge is 2.30. The lowest BCUT2D eigenvalue weighted by molar-refractivity contribution is -0.130. The monoisotopic (exact) mass is 563 g/mol. The Balaban J connectivity index is 1.70. The molecule has 224 valence electrons. The molecule has 1 fully saturated rings. The second-order valence-electron chi connectivity index (χ2n) is 12.6. The van der Waals surface area contributed by atoms with Gasteiger partial charge in [-0.15, -0.1) is 0 Å². The fraction of sp³-hybridized carbons (Fsp3) is 0.545. The second kappa shape index (κ2) is 15.5. The van der Waals surface area contributed by atoms with Crippen LogP contribution in [-0.4, -0.2) is 53.5 Å². The van der Waals surface area contributed by atoms with E-state index in [1.165, 1.54) is 5.56 Å². The first-order chi connectivity index (χ1) is 19.5. The van der Waals surface area contributed by atoms with Crippen LogP contribution >= 0.6 is 0 Å². The topological polar surface area (TPSA) is 103 Å². The molecule has 2 atom stereocenters. The van der Waals surface area contributed by atoms with Gasteiger partial charge in [0.15, 0.2) is 0 Å². The molecule has 4 N–H and O–H groups in total. The quantitative estimate of drug-likeness (QED) is 0.300. The average Bonchev–Trinajstić information content (AvgIpc) is 3.21. The van der Waals surface area contributed by atoms with Gasteiger partial charge >= 0.3 is 6.03 Å². The SMILES string of the molecule is CC(C)C[C@H](NC(=O)N1CCCCCC1)C(=O)N[C@@H](Cc1ccc(NCc2ccccc2)cc1)C(=O)NC(C)(C)C. The summed E-state index contributed by atoms with van der Waals surface area (Å²) in [6.07, 6.45) is 5.01. The van der Waals surface area contributed by atoms with Crippen molar-refractivity contribution in [2.24, 2.45) is 5.92 Å². The van der Waals surface area contributed by atoms with Crippen LogP contribution in [0.15, 0.2) is 54.6 Å². The first-order valence-electron chi connectivity index (χ1n) is 15.0. The van der Waals surface area contributed by atoms with Crippen molar-refractivity contribution in [2.75, 3.05) is 18.4 Å². The molecule has 1 saturated heterocycles. The Bertz CT molecular complexity index is 1100. The maximum absolute atomic E-state index is 13.6. The van der Waals surface area contributed by atoms with E-state index in [0.29, 0.717) is 32.5 Å². The van der Waals surface area contributed by atoms with Gasteiger partial charge in [0.25, 0.3) is 0 Å². The number of nitrogens with zero attached hydrogens (tertiary/aromatic N) is 1. The van der Waals surface area contributed by atoms with Crippen LogP contribution in [0.2, 0.25) is 0 Å². The molecule has 1 aliphatic rings. The molecular formula is C33H49N5O3. The molecule has 41 heavy (non-hydrogen) atoms. The Labute approximate surface area is 246 Å². The maximum Gasteiger partial charge on any atom is 0.318 e. The molecule has 1 heterocycles. The van der Waals surface area contributed by atoms with Crippen LogP contribution in [0, 0.1) is 5.92 Å². The van der Waals surface area contributed by atoms with Crippen molar-refractivity contribution >= 4 is 23.5 Å². The van der Waals surface area contributed by atoms with Crippen molar-refractivity contribution < 1.29 is 14.4 Å².